The van der Waals surface area contributed by atoms with Gasteiger partial charge in [0.1, 0.15) is 0 Å². The number of ketones is 1. The van der Waals surface area contributed by atoms with Gasteiger partial charge in [0.05, 0.1) is 11.3 Å². The fourth-order valence-corrected chi connectivity index (χ4v) is 4.52. The zero-order chi connectivity index (χ0) is 16.6. The molecule has 4 aliphatic rings. The monoisotopic (exact) mass is 442 g/mol. The van der Waals surface area contributed by atoms with Crippen molar-refractivity contribution in [3.63, 3.8) is 0 Å². The van der Waals surface area contributed by atoms with Crippen LogP contribution in [0.2, 0.25) is 0 Å². The molecule has 3 nitrogen and oxygen atoms in total. The Kier molecular flexibility index (Phi) is 6.32. The van der Waals surface area contributed by atoms with E-state index in [1.807, 2.05) is 38.2 Å². The van der Waals surface area contributed by atoms with E-state index >= 15 is 0 Å². The molecule has 1 aliphatic heterocycles. The molecule has 133 valence electrons. The standard InChI is InChI=1S/C18H22NO2.C2H6.HI/c1-12-15(11-13-5-6-14(13)16(12)20)19-10-9-18(17(19)21)7-3-2-4-8-18;1-2;/h5-6,14H,2-4,7-11H2,1H3;1-2H3;1H. The number of hydrogen-bond donors (Lipinski definition) is 0. The first-order valence-electron chi connectivity index (χ1n) is 9.22. The number of halogens is 1. The Bertz CT molecular complexity index is 584. The van der Waals surface area contributed by atoms with Gasteiger partial charge in [0, 0.05) is 24.2 Å². The first-order valence-corrected chi connectivity index (χ1v) is 9.22. The Morgan fingerprint density at radius 2 is 1.75 bits per heavy atom. The van der Waals surface area contributed by atoms with Crippen LogP contribution in [0.1, 0.15) is 65.7 Å². The van der Waals surface area contributed by atoms with Crippen LogP contribution in [0.4, 0.5) is 0 Å². The zero-order valence-electron chi connectivity index (χ0n) is 15.1. The van der Waals surface area contributed by atoms with Crippen molar-refractivity contribution in [3.8, 4) is 0 Å². The number of allylic oxidation sites excluding steroid dienone is 3. The molecular formula is C20H29INO2. The van der Waals surface area contributed by atoms with E-state index in [1.54, 1.807) is 0 Å². The second-order valence-electron chi connectivity index (χ2n) is 7.07. The number of hydrogen-bond acceptors (Lipinski definition) is 2. The van der Waals surface area contributed by atoms with Gasteiger partial charge in [-0.15, -0.1) is 24.0 Å². The highest BCUT2D eigenvalue weighted by molar-refractivity contribution is 14.0. The Labute approximate surface area is 163 Å². The minimum Gasteiger partial charge on any atom is -0.315 e. The first kappa shape index (κ1) is 19.7. The van der Waals surface area contributed by atoms with E-state index in [0.717, 1.165) is 43.5 Å². The lowest BCUT2D eigenvalue weighted by molar-refractivity contribution is -0.136. The lowest BCUT2D eigenvalue weighted by atomic mass is 9.72. The number of fused-ring (bicyclic) bond motifs is 1. The minimum absolute atomic E-state index is 0. The highest BCUT2D eigenvalue weighted by Gasteiger charge is 2.49. The molecule has 1 radical (unpaired) electrons. The van der Waals surface area contributed by atoms with Crippen LogP contribution in [0.3, 0.4) is 0 Å². The number of Topliss-reactive ketones (excluding diaryl/α,β-unsaturated/α-hetero) is 1. The molecule has 3 aliphatic carbocycles. The lowest BCUT2D eigenvalue weighted by Gasteiger charge is -2.37. The summed E-state index contributed by atoms with van der Waals surface area (Å²) in [5.74, 6) is 0.507. The molecule has 0 aromatic heterocycles. The van der Waals surface area contributed by atoms with E-state index in [-0.39, 0.29) is 41.1 Å². The Morgan fingerprint density at radius 3 is 2.33 bits per heavy atom. The van der Waals surface area contributed by atoms with Gasteiger partial charge in [0.15, 0.2) is 5.78 Å². The molecule has 1 atom stereocenters. The van der Waals surface area contributed by atoms with Crippen LogP contribution in [0.25, 0.3) is 0 Å². The quantitative estimate of drug-likeness (QED) is 0.546. The second-order valence-corrected chi connectivity index (χ2v) is 7.07. The normalized spacial score (nSPS) is 27.7. The van der Waals surface area contributed by atoms with Crippen LogP contribution in [-0.2, 0) is 9.59 Å². The van der Waals surface area contributed by atoms with Crippen LogP contribution in [-0.4, -0.2) is 23.1 Å². The molecular weight excluding hydrogens is 413 g/mol. The van der Waals surface area contributed by atoms with Crippen molar-refractivity contribution in [2.45, 2.75) is 65.7 Å². The maximum Gasteiger partial charge on any atom is 0.233 e. The predicted octanol–water partition coefficient (Wildman–Crippen LogP) is 4.82. The molecule has 24 heavy (non-hydrogen) atoms. The molecule has 2 fully saturated rings. The van der Waals surface area contributed by atoms with Gasteiger partial charge in [-0.25, -0.2) is 0 Å². The molecule has 1 amide bonds. The van der Waals surface area contributed by atoms with Gasteiger partial charge >= 0.3 is 0 Å². The second kappa shape index (κ2) is 7.71. The van der Waals surface area contributed by atoms with E-state index in [2.05, 4.69) is 0 Å². The molecule has 1 heterocycles. The Morgan fingerprint density at radius 1 is 1.08 bits per heavy atom. The highest BCUT2D eigenvalue weighted by atomic mass is 127. The predicted molar refractivity (Wildman–Crippen MR) is 107 cm³/mol. The van der Waals surface area contributed by atoms with Crippen molar-refractivity contribution in [3.05, 3.63) is 29.3 Å². The smallest absolute Gasteiger partial charge is 0.233 e. The molecule has 0 bridgehead atoms. The summed E-state index contributed by atoms with van der Waals surface area (Å²) in [5.41, 5.74) is 2.89. The van der Waals surface area contributed by atoms with Crippen molar-refractivity contribution in [2.75, 3.05) is 6.54 Å². The van der Waals surface area contributed by atoms with Crippen molar-refractivity contribution >= 4 is 35.7 Å². The van der Waals surface area contributed by atoms with E-state index in [1.165, 1.54) is 24.8 Å². The maximum absolute atomic E-state index is 13.0. The summed E-state index contributed by atoms with van der Waals surface area (Å²) in [7, 11) is 0. The van der Waals surface area contributed by atoms with E-state index < -0.39 is 0 Å². The van der Waals surface area contributed by atoms with Crippen LogP contribution < -0.4 is 0 Å². The number of rotatable bonds is 1. The maximum atomic E-state index is 13.0. The summed E-state index contributed by atoms with van der Waals surface area (Å²) < 4.78 is 0. The minimum atomic E-state index is -0.106. The van der Waals surface area contributed by atoms with Crippen molar-refractivity contribution in [1.82, 2.24) is 4.90 Å². The molecule has 0 N–H and O–H groups in total. The van der Waals surface area contributed by atoms with Crippen LogP contribution >= 0.6 is 24.0 Å². The van der Waals surface area contributed by atoms with Gasteiger partial charge in [0.2, 0.25) is 5.91 Å². The number of carbonyl (C=O) groups excluding carboxylic acids is 2. The van der Waals surface area contributed by atoms with Crippen LogP contribution in [0, 0.1) is 17.8 Å². The third kappa shape index (κ3) is 2.99. The molecule has 1 spiro atoms. The van der Waals surface area contributed by atoms with Gasteiger partial charge in [-0.05, 0) is 32.6 Å². The van der Waals surface area contributed by atoms with Crippen molar-refractivity contribution in [1.29, 1.82) is 0 Å². The van der Waals surface area contributed by atoms with Crippen LogP contribution in [0.5, 0.6) is 0 Å². The summed E-state index contributed by atoms with van der Waals surface area (Å²) in [6.45, 7) is 6.71. The lowest BCUT2D eigenvalue weighted by Crippen LogP contribution is -2.39. The molecule has 0 aromatic rings. The summed E-state index contributed by atoms with van der Waals surface area (Å²) in [6, 6.07) is 0. The highest BCUT2D eigenvalue weighted by Crippen LogP contribution is 2.48. The number of amides is 1. The van der Waals surface area contributed by atoms with Gasteiger partial charge in [0.25, 0.3) is 0 Å². The summed E-state index contributed by atoms with van der Waals surface area (Å²) >= 11 is 0. The summed E-state index contributed by atoms with van der Waals surface area (Å²) in [4.78, 5) is 27.3. The topological polar surface area (TPSA) is 37.4 Å². The third-order valence-electron chi connectivity index (χ3n) is 6.01. The number of nitrogens with zero attached hydrogens (tertiary/aromatic N) is 1. The largest absolute Gasteiger partial charge is 0.315 e. The van der Waals surface area contributed by atoms with Crippen molar-refractivity contribution < 1.29 is 9.59 Å². The van der Waals surface area contributed by atoms with E-state index in [4.69, 9.17) is 0 Å². The Balaban J connectivity index is 0.000000670. The van der Waals surface area contributed by atoms with Gasteiger partial charge < -0.3 is 4.90 Å². The number of likely N-dealkylation sites (tertiary alicyclic amines) is 1. The fourth-order valence-electron chi connectivity index (χ4n) is 4.52. The molecule has 0 aromatic carbocycles. The average molecular weight is 442 g/mol. The molecule has 1 saturated heterocycles. The van der Waals surface area contributed by atoms with Gasteiger partial charge in [-0.2, -0.15) is 0 Å². The van der Waals surface area contributed by atoms with E-state index in [9.17, 15) is 9.59 Å². The molecule has 1 saturated carbocycles. The third-order valence-corrected chi connectivity index (χ3v) is 6.01. The molecule has 4 heteroatoms. The van der Waals surface area contributed by atoms with Gasteiger partial charge in [-0.1, -0.05) is 44.8 Å². The summed E-state index contributed by atoms with van der Waals surface area (Å²) in [6.07, 6.45) is 11.5. The van der Waals surface area contributed by atoms with Gasteiger partial charge in [-0.3, -0.25) is 9.59 Å². The van der Waals surface area contributed by atoms with Crippen molar-refractivity contribution in [2.24, 2.45) is 11.3 Å². The average Bonchev–Trinajstić information content (AvgIpc) is 2.85. The molecule has 4 rings (SSSR count). The zero-order valence-corrected chi connectivity index (χ0v) is 17.4. The summed E-state index contributed by atoms with van der Waals surface area (Å²) in [5, 5.41) is 0. The van der Waals surface area contributed by atoms with Crippen LogP contribution in [0.15, 0.2) is 22.9 Å². The SMILES string of the molecule is CC.CC1=C(N2CCC3(CCCCC3)C2=O)CC2=C[CH]C2C1=O.I. The van der Waals surface area contributed by atoms with E-state index in [0.29, 0.717) is 5.91 Å². The number of carbonyl (C=O) groups is 2. The Hall–Kier alpha value is -0.650. The first-order chi connectivity index (χ1) is 11.1. The molecule has 1 unspecified atom stereocenters. The fraction of sp³-hybridized carbons (Fsp3) is 0.650.